The Hall–Kier alpha value is -0.923. The second-order valence-corrected chi connectivity index (χ2v) is 16.8. The first-order chi connectivity index (χ1) is 15.3. The number of thioether (sulfide) groups is 1. The van der Waals surface area contributed by atoms with E-state index >= 15 is 0 Å². The van der Waals surface area contributed by atoms with E-state index in [4.69, 9.17) is 18.2 Å². The lowest BCUT2D eigenvalue weighted by molar-refractivity contribution is 0.123. The molecule has 2 aromatic rings. The van der Waals surface area contributed by atoms with E-state index in [2.05, 4.69) is 69.3 Å². The fraction of sp³-hybridized carbons (Fsp3) is 0.500. The molecule has 0 spiro atoms. The summed E-state index contributed by atoms with van der Waals surface area (Å²) in [5.74, 6) is 0. The van der Waals surface area contributed by atoms with Crippen LogP contribution >= 0.6 is 19.4 Å². The highest BCUT2D eigenvalue weighted by atomic mass is 32.2. The summed E-state index contributed by atoms with van der Waals surface area (Å²) in [5.41, 5.74) is 0. The van der Waals surface area contributed by atoms with E-state index in [-0.39, 0.29) is 10.3 Å². The SMILES string of the molecule is CCOP(=O)(OCC)[C@@H]1OC[C@@H](CO[Si](c2ccccc2)(c2ccccc2)C(C)(C)C)S1. The summed E-state index contributed by atoms with van der Waals surface area (Å²) >= 11 is 1.50. The number of benzene rings is 2. The van der Waals surface area contributed by atoms with E-state index in [9.17, 15) is 4.57 Å². The van der Waals surface area contributed by atoms with Gasteiger partial charge in [0, 0.05) is 6.61 Å². The standard InChI is InChI=1S/C24H35O5PSSi/c1-6-27-30(25,28-7-2)23-26-18-20(31-23)19-29-32(24(3,4)5,21-14-10-8-11-15-21)22-16-12-9-13-17-22/h8-17,20,23H,6-7,18-19H2,1-5H3/t20-,23-/m0/s1. The van der Waals surface area contributed by atoms with Crippen LogP contribution in [0.3, 0.4) is 0 Å². The van der Waals surface area contributed by atoms with Gasteiger partial charge in [0.25, 0.3) is 8.32 Å². The summed E-state index contributed by atoms with van der Waals surface area (Å²) in [5, 5.41) is 1.83. The molecule has 0 unspecified atom stereocenters. The third kappa shape index (κ3) is 5.41. The Labute approximate surface area is 197 Å². The van der Waals surface area contributed by atoms with Gasteiger partial charge in [0.1, 0.15) is 0 Å². The molecule has 5 nitrogen and oxygen atoms in total. The molecule has 1 saturated heterocycles. The molecule has 0 aromatic heterocycles. The van der Waals surface area contributed by atoms with Gasteiger partial charge in [-0.25, -0.2) is 0 Å². The van der Waals surface area contributed by atoms with Crippen LogP contribution in [0, 0.1) is 0 Å². The molecule has 1 heterocycles. The molecule has 0 amide bonds. The largest absolute Gasteiger partial charge is 0.406 e. The molecular weight excluding hydrogens is 459 g/mol. The van der Waals surface area contributed by atoms with Gasteiger partial charge in [-0.15, -0.1) is 11.8 Å². The van der Waals surface area contributed by atoms with Crippen LogP contribution < -0.4 is 10.4 Å². The fourth-order valence-corrected chi connectivity index (χ4v) is 12.5. The van der Waals surface area contributed by atoms with E-state index in [1.54, 1.807) is 0 Å². The van der Waals surface area contributed by atoms with Crippen molar-refractivity contribution in [3.05, 3.63) is 60.7 Å². The van der Waals surface area contributed by atoms with Crippen molar-refractivity contribution in [2.24, 2.45) is 0 Å². The predicted molar refractivity (Wildman–Crippen MR) is 136 cm³/mol. The molecular formula is C24H35O5PSSi. The van der Waals surface area contributed by atoms with Crippen LogP contribution in [0.15, 0.2) is 60.7 Å². The monoisotopic (exact) mass is 494 g/mol. The van der Waals surface area contributed by atoms with E-state index < -0.39 is 21.1 Å². The van der Waals surface area contributed by atoms with Crippen molar-refractivity contribution >= 4 is 38.0 Å². The first kappa shape index (κ1) is 25.7. The lowest BCUT2D eigenvalue weighted by Gasteiger charge is -2.43. The van der Waals surface area contributed by atoms with Crippen LogP contribution in [0.5, 0.6) is 0 Å². The van der Waals surface area contributed by atoms with Crippen LogP contribution in [0.25, 0.3) is 0 Å². The summed E-state index contributed by atoms with van der Waals surface area (Å²) in [4.78, 5) is 0. The van der Waals surface area contributed by atoms with Gasteiger partial charge >= 0.3 is 7.60 Å². The molecule has 0 aliphatic carbocycles. The van der Waals surface area contributed by atoms with Crippen molar-refractivity contribution in [3.8, 4) is 0 Å². The first-order valence-corrected chi connectivity index (χ1v) is 15.6. The molecule has 0 radical (unpaired) electrons. The summed E-state index contributed by atoms with van der Waals surface area (Å²) in [6.45, 7) is 12.0. The first-order valence-electron chi connectivity index (χ1n) is 11.2. The third-order valence-corrected chi connectivity index (χ3v) is 14.6. The van der Waals surface area contributed by atoms with Crippen molar-refractivity contribution in [3.63, 3.8) is 0 Å². The Balaban J connectivity index is 1.87. The lowest BCUT2D eigenvalue weighted by Crippen LogP contribution is -2.67. The van der Waals surface area contributed by atoms with Gasteiger partial charge in [-0.1, -0.05) is 81.4 Å². The van der Waals surface area contributed by atoms with Crippen LogP contribution in [0.1, 0.15) is 34.6 Å². The molecule has 1 aliphatic rings. The smallest absolute Gasteiger partial charge is 0.369 e. The molecule has 2 atom stereocenters. The Kier molecular flexibility index (Phi) is 8.83. The molecule has 3 rings (SSSR count). The maximum atomic E-state index is 13.1. The minimum absolute atomic E-state index is 0.0517. The zero-order chi connectivity index (χ0) is 23.2. The van der Waals surface area contributed by atoms with E-state index in [1.165, 1.54) is 22.1 Å². The van der Waals surface area contributed by atoms with E-state index in [1.807, 2.05) is 26.0 Å². The quantitative estimate of drug-likeness (QED) is 0.332. The zero-order valence-electron chi connectivity index (χ0n) is 19.7. The van der Waals surface area contributed by atoms with Crippen molar-refractivity contribution in [2.75, 3.05) is 26.4 Å². The van der Waals surface area contributed by atoms with Gasteiger partial charge in [-0.05, 0) is 29.3 Å². The highest BCUT2D eigenvalue weighted by Gasteiger charge is 2.51. The Bertz CT molecular complexity index is 841. The lowest BCUT2D eigenvalue weighted by atomic mass is 10.2. The van der Waals surface area contributed by atoms with Gasteiger partial charge in [-0.3, -0.25) is 4.57 Å². The molecule has 176 valence electrons. The third-order valence-electron chi connectivity index (χ3n) is 5.51. The van der Waals surface area contributed by atoms with Gasteiger partial charge in [0.2, 0.25) is 5.18 Å². The molecule has 32 heavy (non-hydrogen) atoms. The van der Waals surface area contributed by atoms with Crippen LogP contribution in [-0.4, -0.2) is 45.2 Å². The fourth-order valence-electron chi connectivity index (χ4n) is 4.18. The highest BCUT2D eigenvalue weighted by Crippen LogP contribution is 2.60. The average molecular weight is 495 g/mol. The topological polar surface area (TPSA) is 54.0 Å². The minimum atomic E-state index is -3.32. The second-order valence-electron chi connectivity index (χ2n) is 8.75. The average Bonchev–Trinajstić information content (AvgIpc) is 3.25. The predicted octanol–water partition coefficient (Wildman–Crippen LogP) is 5.24. The van der Waals surface area contributed by atoms with Gasteiger partial charge < -0.3 is 18.2 Å². The van der Waals surface area contributed by atoms with Crippen molar-refractivity contribution in [1.29, 1.82) is 0 Å². The van der Waals surface area contributed by atoms with Gasteiger partial charge in [0.05, 0.1) is 25.1 Å². The molecule has 2 aromatic carbocycles. The molecule has 1 aliphatic heterocycles. The van der Waals surface area contributed by atoms with Crippen molar-refractivity contribution < 1.29 is 22.8 Å². The molecule has 0 bridgehead atoms. The number of rotatable bonds is 10. The highest BCUT2D eigenvalue weighted by molar-refractivity contribution is 8.06. The summed E-state index contributed by atoms with van der Waals surface area (Å²) in [7, 11) is -5.94. The Morgan fingerprint density at radius 3 is 1.91 bits per heavy atom. The van der Waals surface area contributed by atoms with Crippen LogP contribution in [-0.2, 0) is 22.8 Å². The van der Waals surface area contributed by atoms with E-state index in [0.29, 0.717) is 26.4 Å². The van der Waals surface area contributed by atoms with Crippen LogP contribution in [0.2, 0.25) is 5.04 Å². The van der Waals surface area contributed by atoms with E-state index in [0.717, 1.165) is 0 Å². The minimum Gasteiger partial charge on any atom is -0.406 e. The summed E-state index contributed by atoms with van der Waals surface area (Å²) in [6, 6.07) is 21.2. The molecule has 8 heteroatoms. The van der Waals surface area contributed by atoms with Crippen LogP contribution in [0.4, 0.5) is 0 Å². The number of hydrogen-bond acceptors (Lipinski definition) is 6. The zero-order valence-corrected chi connectivity index (χ0v) is 22.4. The molecule has 0 saturated carbocycles. The molecule has 1 fully saturated rings. The van der Waals surface area contributed by atoms with Gasteiger partial charge in [0.15, 0.2) is 0 Å². The van der Waals surface area contributed by atoms with Gasteiger partial charge in [-0.2, -0.15) is 0 Å². The maximum absolute atomic E-state index is 13.1. The van der Waals surface area contributed by atoms with Crippen molar-refractivity contribution in [1.82, 2.24) is 0 Å². The number of hydrogen-bond donors (Lipinski definition) is 0. The molecule has 0 N–H and O–H groups in total. The normalized spacial score (nSPS) is 19.9. The van der Waals surface area contributed by atoms with Crippen molar-refractivity contribution in [2.45, 2.75) is 50.1 Å². The second kappa shape index (κ2) is 11.0. The maximum Gasteiger partial charge on any atom is 0.369 e. The Morgan fingerprint density at radius 2 is 1.47 bits per heavy atom. The summed E-state index contributed by atoms with van der Waals surface area (Å²) in [6.07, 6.45) is 0. The number of ether oxygens (including phenoxy) is 1. The summed E-state index contributed by atoms with van der Waals surface area (Å²) < 4.78 is 37.0. The Morgan fingerprint density at radius 1 is 0.969 bits per heavy atom.